The molecule has 1 aliphatic heterocycles. The molecule has 2 N–H and O–H groups in total. The van der Waals surface area contributed by atoms with E-state index in [0.29, 0.717) is 24.8 Å². The Morgan fingerprint density at radius 2 is 2.22 bits per heavy atom. The molecule has 1 amide bonds. The van der Waals surface area contributed by atoms with Gasteiger partial charge in [-0.1, -0.05) is 35.8 Å². The predicted molar refractivity (Wildman–Crippen MR) is 76.9 cm³/mol. The summed E-state index contributed by atoms with van der Waals surface area (Å²) >= 11 is 3.50. The molecule has 1 fully saturated rings. The Hall–Kier alpha value is -1.03. The third kappa shape index (κ3) is 2.86. The van der Waals surface area contributed by atoms with Crippen LogP contribution in [0.4, 0.5) is 5.69 Å². The Morgan fingerprint density at radius 3 is 2.78 bits per heavy atom. The van der Waals surface area contributed by atoms with E-state index in [0.717, 1.165) is 22.3 Å². The van der Waals surface area contributed by atoms with Gasteiger partial charge in [-0.15, -0.1) is 0 Å². The number of carbonyl (C=O) groups is 1. The molecular formula is C14H19BrN2O. The highest BCUT2D eigenvalue weighted by molar-refractivity contribution is 9.10. The van der Waals surface area contributed by atoms with Crippen molar-refractivity contribution in [1.82, 2.24) is 4.90 Å². The first-order chi connectivity index (χ1) is 8.47. The van der Waals surface area contributed by atoms with Crippen molar-refractivity contribution in [2.75, 3.05) is 12.3 Å². The minimum absolute atomic E-state index is 0.262. The van der Waals surface area contributed by atoms with Crippen LogP contribution in [-0.4, -0.2) is 17.4 Å². The maximum absolute atomic E-state index is 12.0. The fourth-order valence-electron chi connectivity index (χ4n) is 2.30. The zero-order chi connectivity index (χ0) is 13.3. The van der Waals surface area contributed by atoms with Crippen molar-refractivity contribution in [2.24, 2.45) is 11.8 Å². The number of rotatable bonds is 3. The summed E-state index contributed by atoms with van der Waals surface area (Å²) in [6, 6.07) is 5.74. The number of halogens is 1. The molecule has 1 aliphatic rings. The number of hydrogen-bond donors (Lipinski definition) is 1. The lowest BCUT2D eigenvalue weighted by molar-refractivity contribution is -0.128. The molecule has 0 bridgehead atoms. The maximum Gasteiger partial charge on any atom is 0.223 e. The topological polar surface area (TPSA) is 46.3 Å². The number of hydrogen-bond acceptors (Lipinski definition) is 2. The van der Waals surface area contributed by atoms with Gasteiger partial charge in [0.05, 0.1) is 0 Å². The fourth-order valence-corrected chi connectivity index (χ4v) is 2.82. The van der Waals surface area contributed by atoms with Crippen LogP contribution in [0, 0.1) is 11.8 Å². The van der Waals surface area contributed by atoms with Crippen LogP contribution >= 0.6 is 15.9 Å². The second kappa shape index (κ2) is 5.31. The lowest BCUT2D eigenvalue weighted by Crippen LogP contribution is -2.25. The molecule has 2 rings (SSSR count). The quantitative estimate of drug-likeness (QED) is 0.872. The molecule has 1 heterocycles. The van der Waals surface area contributed by atoms with E-state index < -0.39 is 0 Å². The molecule has 1 atom stereocenters. The SMILES string of the molecule is CC(C)C1CC(=O)N(Cc2ccc(N)cc2Br)C1. The van der Waals surface area contributed by atoms with Crippen molar-refractivity contribution in [3.05, 3.63) is 28.2 Å². The van der Waals surface area contributed by atoms with Crippen LogP contribution in [-0.2, 0) is 11.3 Å². The Morgan fingerprint density at radius 1 is 1.50 bits per heavy atom. The summed E-state index contributed by atoms with van der Waals surface area (Å²) in [5.41, 5.74) is 7.56. The molecule has 0 spiro atoms. The number of nitrogen functional groups attached to an aromatic ring is 1. The standard InChI is InChI=1S/C14H19BrN2O/c1-9(2)11-5-14(18)17(8-11)7-10-3-4-12(16)6-13(10)15/h3-4,6,9,11H,5,7-8,16H2,1-2H3. The Balaban J connectivity index is 2.08. The normalized spacial score (nSPS) is 19.9. The summed E-state index contributed by atoms with van der Waals surface area (Å²) in [6.07, 6.45) is 0.685. The number of amides is 1. The minimum Gasteiger partial charge on any atom is -0.399 e. The first-order valence-corrected chi connectivity index (χ1v) is 7.08. The lowest BCUT2D eigenvalue weighted by atomic mass is 9.95. The molecule has 98 valence electrons. The van der Waals surface area contributed by atoms with Gasteiger partial charge >= 0.3 is 0 Å². The van der Waals surface area contributed by atoms with E-state index in [9.17, 15) is 4.79 Å². The Bertz CT molecular complexity index is 459. The summed E-state index contributed by atoms with van der Waals surface area (Å²) in [5.74, 6) is 1.32. The Labute approximate surface area is 116 Å². The molecule has 0 aliphatic carbocycles. The highest BCUT2D eigenvalue weighted by Gasteiger charge is 2.31. The van der Waals surface area contributed by atoms with Crippen molar-refractivity contribution in [1.29, 1.82) is 0 Å². The second-order valence-corrected chi connectivity index (χ2v) is 6.19. The van der Waals surface area contributed by atoms with E-state index in [1.807, 2.05) is 23.1 Å². The van der Waals surface area contributed by atoms with Crippen LogP contribution < -0.4 is 5.73 Å². The van der Waals surface area contributed by atoms with E-state index >= 15 is 0 Å². The molecule has 1 unspecified atom stereocenters. The van der Waals surface area contributed by atoms with Gasteiger partial charge in [0.25, 0.3) is 0 Å². The monoisotopic (exact) mass is 310 g/mol. The van der Waals surface area contributed by atoms with Gasteiger partial charge in [-0.05, 0) is 29.5 Å². The van der Waals surface area contributed by atoms with Gasteiger partial charge in [0.15, 0.2) is 0 Å². The van der Waals surface area contributed by atoms with Gasteiger partial charge < -0.3 is 10.6 Å². The maximum atomic E-state index is 12.0. The number of anilines is 1. The summed E-state index contributed by atoms with van der Waals surface area (Å²) in [5, 5.41) is 0. The summed E-state index contributed by atoms with van der Waals surface area (Å²) in [4.78, 5) is 13.9. The minimum atomic E-state index is 0.262. The molecule has 4 heteroatoms. The number of benzene rings is 1. The van der Waals surface area contributed by atoms with Crippen molar-refractivity contribution < 1.29 is 4.79 Å². The van der Waals surface area contributed by atoms with E-state index in [1.165, 1.54) is 0 Å². The summed E-state index contributed by atoms with van der Waals surface area (Å²) in [6.45, 7) is 5.90. The molecule has 0 saturated carbocycles. The summed E-state index contributed by atoms with van der Waals surface area (Å²) < 4.78 is 0.975. The zero-order valence-electron chi connectivity index (χ0n) is 10.8. The molecule has 1 saturated heterocycles. The molecule has 18 heavy (non-hydrogen) atoms. The van der Waals surface area contributed by atoms with Crippen molar-refractivity contribution in [2.45, 2.75) is 26.8 Å². The fraction of sp³-hybridized carbons (Fsp3) is 0.500. The van der Waals surface area contributed by atoms with Gasteiger partial charge in [-0.2, -0.15) is 0 Å². The van der Waals surface area contributed by atoms with Gasteiger partial charge in [0.2, 0.25) is 5.91 Å². The van der Waals surface area contributed by atoms with Gasteiger partial charge in [0.1, 0.15) is 0 Å². The number of likely N-dealkylation sites (tertiary alicyclic amines) is 1. The average molecular weight is 311 g/mol. The largest absolute Gasteiger partial charge is 0.399 e. The second-order valence-electron chi connectivity index (χ2n) is 5.33. The van der Waals surface area contributed by atoms with Gasteiger partial charge in [0, 0.05) is 29.7 Å². The number of nitrogens with two attached hydrogens (primary N) is 1. The smallest absolute Gasteiger partial charge is 0.223 e. The van der Waals surface area contributed by atoms with Crippen LogP contribution in [0.2, 0.25) is 0 Å². The highest BCUT2D eigenvalue weighted by atomic mass is 79.9. The molecule has 3 nitrogen and oxygen atoms in total. The third-order valence-electron chi connectivity index (χ3n) is 3.63. The van der Waals surface area contributed by atoms with Crippen LogP contribution in [0.1, 0.15) is 25.8 Å². The average Bonchev–Trinajstić information content (AvgIpc) is 2.64. The number of nitrogens with zero attached hydrogens (tertiary/aromatic N) is 1. The molecule has 1 aromatic rings. The van der Waals surface area contributed by atoms with Crippen LogP contribution in [0.15, 0.2) is 22.7 Å². The van der Waals surface area contributed by atoms with Crippen molar-refractivity contribution >= 4 is 27.5 Å². The van der Waals surface area contributed by atoms with Crippen LogP contribution in [0.3, 0.4) is 0 Å². The number of carbonyl (C=O) groups excluding carboxylic acids is 1. The first-order valence-electron chi connectivity index (χ1n) is 6.29. The highest BCUT2D eigenvalue weighted by Crippen LogP contribution is 2.28. The third-order valence-corrected chi connectivity index (χ3v) is 4.36. The molecule has 1 aromatic carbocycles. The van der Waals surface area contributed by atoms with Crippen LogP contribution in [0.5, 0.6) is 0 Å². The lowest BCUT2D eigenvalue weighted by Gasteiger charge is -2.19. The molecular weight excluding hydrogens is 292 g/mol. The predicted octanol–water partition coefficient (Wildman–Crippen LogP) is 3.04. The van der Waals surface area contributed by atoms with Gasteiger partial charge in [-0.3, -0.25) is 4.79 Å². The van der Waals surface area contributed by atoms with E-state index in [-0.39, 0.29) is 5.91 Å². The van der Waals surface area contributed by atoms with Crippen molar-refractivity contribution in [3.8, 4) is 0 Å². The van der Waals surface area contributed by atoms with Gasteiger partial charge in [-0.25, -0.2) is 0 Å². The molecule has 0 aromatic heterocycles. The van der Waals surface area contributed by atoms with E-state index in [4.69, 9.17) is 5.73 Å². The summed E-state index contributed by atoms with van der Waals surface area (Å²) in [7, 11) is 0. The van der Waals surface area contributed by atoms with E-state index in [2.05, 4.69) is 29.8 Å². The van der Waals surface area contributed by atoms with Crippen LogP contribution in [0.25, 0.3) is 0 Å². The molecule has 0 radical (unpaired) electrons. The zero-order valence-corrected chi connectivity index (χ0v) is 12.4. The van der Waals surface area contributed by atoms with E-state index in [1.54, 1.807) is 0 Å². The Kier molecular flexibility index (Phi) is 3.95. The van der Waals surface area contributed by atoms with Crippen molar-refractivity contribution in [3.63, 3.8) is 0 Å². The first kappa shape index (κ1) is 13.4.